The molecule has 1 aromatic carbocycles. The van der Waals surface area contributed by atoms with Crippen molar-refractivity contribution in [3.63, 3.8) is 0 Å². The van der Waals surface area contributed by atoms with E-state index in [1.54, 1.807) is 4.90 Å². The van der Waals surface area contributed by atoms with E-state index in [4.69, 9.17) is 0 Å². The van der Waals surface area contributed by atoms with Gasteiger partial charge >= 0.3 is 0 Å². The van der Waals surface area contributed by atoms with Crippen molar-refractivity contribution in [3.05, 3.63) is 80.6 Å². The Kier molecular flexibility index (Phi) is 9.74. The van der Waals surface area contributed by atoms with E-state index in [0.29, 0.717) is 38.5 Å². The molecule has 2 amide bonds. The Balaban J connectivity index is 1.34. The normalized spacial score (nSPS) is 15.4. The van der Waals surface area contributed by atoms with Crippen LogP contribution in [0.1, 0.15) is 99.6 Å². The first-order chi connectivity index (χ1) is 18.7. The molecule has 2 aromatic heterocycles. The van der Waals surface area contributed by atoms with Crippen LogP contribution in [0.15, 0.2) is 42.0 Å². The number of amides is 2. The SMILES string of the molecule is Cc1csc(C2CCCN2C(=O)c2cc(C(=O)NCCCNCc3cncc(C(C)C)c3)cc(C(F)F)c2)n1. The van der Waals surface area contributed by atoms with Gasteiger partial charge in [0.2, 0.25) is 0 Å². The summed E-state index contributed by atoms with van der Waals surface area (Å²) in [7, 11) is 0. The lowest BCUT2D eigenvalue weighted by Gasteiger charge is -2.23. The Labute approximate surface area is 232 Å². The Bertz CT molecular complexity index is 1300. The number of aryl methyl sites for hydroxylation is 1. The van der Waals surface area contributed by atoms with E-state index in [-0.39, 0.29) is 28.6 Å². The summed E-state index contributed by atoms with van der Waals surface area (Å²) in [5, 5.41) is 8.91. The largest absolute Gasteiger partial charge is 0.352 e. The lowest BCUT2D eigenvalue weighted by atomic mass is 10.0. The number of hydrogen-bond donors (Lipinski definition) is 2. The number of carbonyl (C=O) groups is 2. The molecule has 1 atom stereocenters. The fraction of sp³-hybridized carbons (Fsp3) is 0.448. The molecule has 1 aliphatic heterocycles. The zero-order valence-corrected chi connectivity index (χ0v) is 23.4. The van der Waals surface area contributed by atoms with E-state index in [2.05, 4.69) is 40.5 Å². The van der Waals surface area contributed by atoms with Crippen LogP contribution in [-0.4, -0.2) is 46.3 Å². The Morgan fingerprint density at radius 3 is 2.62 bits per heavy atom. The molecule has 39 heavy (non-hydrogen) atoms. The van der Waals surface area contributed by atoms with Crippen molar-refractivity contribution in [2.24, 2.45) is 0 Å². The van der Waals surface area contributed by atoms with Gasteiger partial charge in [-0.2, -0.15) is 0 Å². The third-order valence-electron chi connectivity index (χ3n) is 6.78. The minimum atomic E-state index is -2.80. The van der Waals surface area contributed by atoms with Crippen LogP contribution >= 0.6 is 11.3 Å². The highest BCUT2D eigenvalue weighted by Crippen LogP contribution is 2.35. The first-order valence-corrected chi connectivity index (χ1v) is 14.2. The van der Waals surface area contributed by atoms with E-state index in [9.17, 15) is 18.4 Å². The highest BCUT2D eigenvalue weighted by atomic mass is 32.1. The number of nitrogens with zero attached hydrogens (tertiary/aromatic N) is 3. The average molecular weight is 556 g/mol. The van der Waals surface area contributed by atoms with Gasteiger partial charge in [0.05, 0.1) is 6.04 Å². The number of rotatable bonds is 11. The second-order valence-electron chi connectivity index (χ2n) is 10.2. The second-order valence-corrected chi connectivity index (χ2v) is 11.1. The minimum absolute atomic E-state index is 0.0570. The molecule has 2 N–H and O–H groups in total. The zero-order chi connectivity index (χ0) is 27.9. The quantitative estimate of drug-likeness (QED) is 0.292. The number of nitrogens with one attached hydrogen (secondary N) is 2. The molecule has 0 saturated carbocycles. The van der Waals surface area contributed by atoms with Gasteiger partial charge in [-0.3, -0.25) is 14.6 Å². The first kappa shape index (κ1) is 28.8. The summed E-state index contributed by atoms with van der Waals surface area (Å²) in [5.74, 6) is -0.429. The minimum Gasteiger partial charge on any atom is -0.352 e. The van der Waals surface area contributed by atoms with E-state index in [0.717, 1.165) is 35.2 Å². The summed E-state index contributed by atoms with van der Waals surface area (Å²) in [6.45, 7) is 8.38. The second kappa shape index (κ2) is 13.2. The highest BCUT2D eigenvalue weighted by molar-refractivity contribution is 7.09. The molecule has 7 nitrogen and oxygen atoms in total. The van der Waals surface area contributed by atoms with E-state index in [1.165, 1.54) is 29.0 Å². The third kappa shape index (κ3) is 7.45. The van der Waals surface area contributed by atoms with Crippen molar-refractivity contribution >= 4 is 23.2 Å². The van der Waals surface area contributed by atoms with E-state index in [1.807, 2.05) is 24.7 Å². The molecule has 208 valence electrons. The van der Waals surface area contributed by atoms with Crippen molar-refractivity contribution in [3.8, 4) is 0 Å². The predicted octanol–water partition coefficient (Wildman–Crippen LogP) is 5.79. The molecular weight excluding hydrogens is 520 g/mol. The number of benzene rings is 1. The van der Waals surface area contributed by atoms with Crippen LogP contribution in [0.2, 0.25) is 0 Å². The molecule has 3 aromatic rings. The van der Waals surface area contributed by atoms with Crippen LogP contribution < -0.4 is 10.6 Å². The molecule has 1 aliphatic rings. The Morgan fingerprint density at radius 1 is 1.10 bits per heavy atom. The number of halogens is 2. The smallest absolute Gasteiger partial charge is 0.263 e. The molecule has 3 heterocycles. The lowest BCUT2D eigenvalue weighted by Crippen LogP contribution is -2.31. The molecule has 0 radical (unpaired) electrons. The number of likely N-dealkylation sites (tertiary alicyclic amines) is 1. The van der Waals surface area contributed by atoms with Crippen molar-refractivity contribution < 1.29 is 18.4 Å². The van der Waals surface area contributed by atoms with Crippen molar-refractivity contribution in [1.82, 2.24) is 25.5 Å². The summed E-state index contributed by atoms with van der Waals surface area (Å²) in [6, 6.07) is 5.72. The highest BCUT2D eigenvalue weighted by Gasteiger charge is 2.33. The number of pyridine rings is 1. The van der Waals surface area contributed by atoms with Gasteiger partial charge in [0.25, 0.3) is 18.2 Å². The Morgan fingerprint density at radius 2 is 1.90 bits per heavy atom. The number of hydrogen-bond acceptors (Lipinski definition) is 6. The predicted molar refractivity (Wildman–Crippen MR) is 148 cm³/mol. The number of aromatic nitrogens is 2. The van der Waals surface area contributed by atoms with Crippen LogP contribution in [0.25, 0.3) is 0 Å². The maximum atomic E-state index is 13.7. The van der Waals surface area contributed by atoms with Crippen LogP contribution in [0, 0.1) is 6.92 Å². The molecule has 4 rings (SSSR count). The van der Waals surface area contributed by atoms with Crippen LogP contribution in [0.3, 0.4) is 0 Å². The molecule has 0 aliphatic carbocycles. The molecule has 1 fully saturated rings. The van der Waals surface area contributed by atoms with Crippen LogP contribution in [-0.2, 0) is 6.54 Å². The summed E-state index contributed by atoms with van der Waals surface area (Å²) < 4.78 is 27.4. The maximum absolute atomic E-state index is 13.7. The fourth-order valence-electron chi connectivity index (χ4n) is 4.66. The van der Waals surface area contributed by atoms with Gasteiger partial charge in [-0.1, -0.05) is 19.9 Å². The molecule has 1 unspecified atom stereocenters. The van der Waals surface area contributed by atoms with Crippen LogP contribution in [0.4, 0.5) is 8.78 Å². The standard InChI is InChI=1S/C29H35F2N5O2S/c1-18(2)24-10-20(15-33-16-24)14-32-7-5-8-34-27(37)22-11-21(26(30)31)12-23(13-22)29(38)36-9-4-6-25(36)28-35-19(3)17-39-28/h10-13,15-18,25-26,32H,4-9,14H2,1-3H3,(H,34,37). The summed E-state index contributed by atoms with van der Waals surface area (Å²) in [6.07, 6.45) is 3.15. The number of thiazole rings is 1. The van der Waals surface area contributed by atoms with Gasteiger partial charge < -0.3 is 15.5 Å². The summed E-state index contributed by atoms with van der Waals surface area (Å²) in [4.78, 5) is 36.7. The van der Waals surface area contributed by atoms with E-state index < -0.39 is 12.3 Å². The maximum Gasteiger partial charge on any atom is 0.263 e. The van der Waals surface area contributed by atoms with Gasteiger partial charge in [0, 0.05) is 59.8 Å². The summed E-state index contributed by atoms with van der Waals surface area (Å²) in [5.41, 5.74) is 2.98. The topological polar surface area (TPSA) is 87.2 Å². The van der Waals surface area contributed by atoms with Gasteiger partial charge in [-0.05, 0) is 68.0 Å². The molecule has 1 saturated heterocycles. The number of alkyl halides is 2. The van der Waals surface area contributed by atoms with Gasteiger partial charge in [0.1, 0.15) is 5.01 Å². The van der Waals surface area contributed by atoms with Gasteiger partial charge in [-0.25, -0.2) is 13.8 Å². The van der Waals surface area contributed by atoms with Crippen molar-refractivity contribution in [1.29, 1.82) is 0 Å². The van der Waals surface area contributed by atoms with Crippen molar-refractivity contribution in [2.45, 2.75) is 65.0 Å². The van der Waals surface area contributed by atoms with E-state index >= 15 is 0 Å². The molecular formula is C29H35F2N5O2S. The molecule has 0 spiro atoms. The van der Waals surface area contributed by atoms with Crippen molar-refractivity contribution in [2.75, 3.05) is 19.6 Å². The van der Waals surface area contributed by atoms with Gasteiger partial charge in [-0.15, -0.1) is 11.3 Å². The summed E-state index contributed by atoms with van der Waals surface area (Å²) >= 11 is 1.50. The monoisotopic (exact) mass is 555 g/mol. The first-order valence-electron chi connectivity index (χ1n) is 13.3. The average Bonchev–Trinajstić information content (AvgIpc) is 3.59. The third-order valence-corrected chi connectivity index (χ3v) is 7.84. The lowest BCUT2D eigenvalue weighted by molar-refractivity contribution is 0.0735. The van der Waals surface area contributed by atoms with Crippen LogP contribution in [0.5, 0.6) is 0 Å². The van der Waals surface area contributed by atoms with Gasteiger partial charge in [0.15, 0.2) is 0 Å². The molecule has 0 bridgehead atoms. The zero-order valence-electron chi connectivity index (χ0n) is 22.5. The Hall–Kier alpha value is -3.24. The fourth-order valence-corrected chi connectivity index (χ4v) is 5.60. The molecule has 10 heteroatoms. The number of carbonyl (C=O) groups excluding carboxylic acids is 2.